The molecule has 0 aliphatic heterocycles. The third-order valence-electron chi connectivity index (χ3n) is 1.84. The summed E-state index contributed by atoms with van der Waals surface area (Å²) >= 11 is 1.41. The maximum Gasteiger partial charge on any atom is 0.263 e. The summed E-state index contributed by atoms with van der Waals surface area (Å²) in [6, 6.07) is 0.00399. The van der Waals surface area contributed by atoms with E-state index in [4.69, 9.17) is 5.73 Å². The van der Waals surface area contributed by atoms with E-state index in [9.17, 15) is 4.79 Å². The molecule has 4 nitrogen and oxygen atoms in total. The van der Waals surface area contributed by atoms with Crippen LogP contribution >= 0.6 is 36.2 Å². The van der Waals surface area contributed by atoms with Gasteiger partial charge in [-0.15, -0.1) is 36.2 Å². The van der Waals surface area contributed by atoms with Crippen LogP contribution in [0.5, 0.6) is 0 Å². The van der Waals surface area contributed by atoms with Crippen LogP contribution in [0.3, 0.4) is 0 Å². The lowest BCUT2D eigenvalue weighted by atomic mass is 10.3. The normalized spacial score (nSPS) is 11.0. The first-order valence-electron chi connectivity index (χ1n) is 4.49. The summed E-state index contributed by atoms with van der Waals surface area (Å²) in [7, 11) is 0. The molecule has 7 heteroatoms. The molecule has 1 aromatic heterocycles. The van der Waals surface area contributed by atoms with Crippen molar-refractivity contribution in [2.75, 3.05) is 6.54 Å². The van der Waals surface area contributed by atoms with Gasteiger partial charge in [-0.25, -0.2) is 4.98 Å². The zero-order chi connectivity index (χ0) is 10.7. The molecule has 0 bridgehead atoms. The smallest absolute Gasteiger partial charge is 0.263 e. The molecule has 0 unspecified atom stereocenters. The van der Waals surface area contributed by atoms with Gasteiger partial charge >= 0.3 is 0 Å². The van der Waals surface area contributed by atoms with Gasteiger partial charge in [0, 0.05) is 12.6 Å². The highest BCUT2D eigenvalue weighted by atomic mass is 35.5. The molecule has 0 saturated heterocycles. The van der Waals surface area contributed by atoms with Gasteiger partial charge in [0.1, 0.15) is 4.88 Å². The van der Waals surface area contributed by atoms with Crippen LogP contribution in [0.1, 0.15) is 27.3 Å². The van der Waals surface area contributed by atoms with E-state index < -0.39 is 0 Å². The van der Waals surface area contributed by atoms with Crippen molar-refractivity contribution in [2.45, 2.75) is 26.8 Å². The molecule has 1 rings (SSSR count). The third-order valence-corrected chi connectivity index (χ3v) is 2.91. The molecular formula is C9H17Cl2N3OS. The molecule has 16 heavy (non-hydrogen) atoms. The maximum atomic E-state index is 11.7. The highest BCUT2D eigenvalue weighted by Crippen LogP contribution is 2.16. The predicted molar refractivity (Wildman–Crippen MR) is 72.1 cm³/mol. The van der Waals surface area contributed by atoms with Crippen LogP contribution in [0.15, 0.2) is 0 Å². The van der Waals surface area contributed by atoms with Gasteiger partial charge in [-0.1, -0.05) is 0 Å². The second kappa shape index (κ2) is 7.84. The standard InChI is InChI=1S/C9H15N3OS.2ClH/c1-5(4-10)11-9(13)8-6(2)12-7(3)14-8;;/h5H,4,10H2,1-3H3,(H,11,13);2*1H/t5-;;/m1../s1. The SMILES string of the molecule is Cc1nc(C)c(C(=O)N[C@H](C)CN)s1.Cl.Cl. The minimum atomic E-state index is -0.0777. The number of carbonyl (C=O) groups is 1. The maximum absolute atomic E-state index is 11.7. The van der Waals surface area contributed by atoms with Crippen LogP contribution in [0.2, 0.25) is 0 Å². The predicted octanol–water partition coefficient (Wildman–Crippen LogP) is 1.68. The zero-order valence-corrected chi connectivity index (χ0v) is 11.9. The fraction of sp³-hybridized carbons (Fsp3) is 0.556. The number of nitrogens with one attached hydrogen (secondary N) is 1. The van der Waals surface area contributed by atoms with Crippen LogP contribution in [0, 0.1) is 13.8 Å². The number of aromatic nitrogens is 1. The molecular weight excluding hydrogens is 269 g/mol. The van der Waals surface area contributed by atoms with E-state index in [0.29, 0.717) is 11.4 Å². The van der Waals surface area contributed by atoms with Crippen molar-refractivity contribution >= 4 is 42.1 Å². The molecule has 0 aliphatic carbocycles. The molecule has 1 amide bonds. The molecule has 0 aliphatic rings. The number of nitrogens with two attached hydrogens (primary N) is 1. The Balaban J connectivity index is 0. The van der Waals surface area contributed by atoms with Gasteiger partial charge in [-0.2, -0.15) is 0 Å². The highest BCUT2D eigenvalue weighted by Gasteiger charge is 2.14. The van der Waals surface area contributed by atoms with Crippen molar-refractivity contribution in [3.05, 3.63) is 15.6 Å². The molecule has 0 saturated carbocycles. The van der Waals surface area contributed by atoms with Crippen molar-refractivity contribution in [1.82, 2.24) is 10.3 Å². The summed E-state index contributed by atoms with van der Waals surface area (Å²) in [6.07, 6.45) is 0. The monoisotopic (exact) mass is 285 g/mol. The van der Waals surface area contributed by atoms with E-state index in [1.54, 1.807) is 0 Å². The van der Waals surface area contributed by atoms with Crippen molar-refractivity contribution in [2.24, 2.45) is 5.73 Å². The molecule has 0 spiro atoms. The van der Waals surface area contributed by atoms with E-state index in [2.05, 4.69) is 10.3 Å². The van der Waals surface area contributed by atoms with Crippen LogP contribution in [-0.2, 0) is 0 Å². The average molecular weight is 286 g/mol. The average Bonchev–Trinajstić information content (AvgIpc) is 2.45. The molecule has 1 heterocycles. The number of rotatable bonds is 3. The van der Waals surface area contributed by atoms with Gasteiger partial charge in [-0.05, 0) is 20.8 Å². The number of hydrogen-bond acceptors (Lipinski definition) is 4. The lowest BCUT2D eigenvalue weighted by molar-refractivity contribution is 0.0944. The van der Waals surface area contributed by atoms with Gasteiger partial charge in [0.25, 0.3) is 5.91 Å². The zero-order valence-electron chi connectivity index (χ0n) is 9.44. The Labute approximate surface area is 112 Å². The molecule has 0 radical (unpaired) electrons. The first kappa shape index (κ1) is 18.0. The van der Waals surface area contributed by atoms with Crippen LogP contribution in [0.25, 0.3) is 0 Å². The van der Waals surface area contributed by atoms with E-state index in [0.717, 1.165) is 10.7 Å². The Kier molecular flexibility index (Phi) is 8.83. The van der Waals surface area contributed by atoms with Crippen molar-refractivity contribution in [3.8, 4) is 0 Å². The highest BCUT2D eigenvalue weighted by molar-refractivity contribution is 7.13. The van der Waals surface area contributed by atoms with Crippen molar-refractivity contribution in [3.63, 3.8) is 0 Å². The quantitative estimate of drug-likeness (QED) is 0.888. The topological polar surface area (TPSA) is 68.0 Å². The number of carbonyl (C=O) groups excluding carboxylic acids is 1. The number of thiazole rings is 1. The third kappa shape index (κ3) is 4.65. The van der Waals surface area contributed by atoms with Gasteiger partial charge in [-0.3, -0.25) is 4.79 Å². The second-order valence-electron chi connectivity index (χ2n) is 3.26. The second-order valence-corrected chi connectivity index (χ2v) is 4.46. The summed E-state index contributed by atoms with van der Waals surface area (Å²) in [6.45, 7) is 6.05. The van der Waals surface area contributed by atoms with E-state index in [1.807, 2.05) is 20.8 Å². The summed E-state index contributed by atoms with van der Waals surface area (Å²) in [4.78, 5) is 16.5. The van der Waals surface area contributed by atoms with Crippen LogP contribution in [0.4, 0.5) is 0 Å². The lowest BCUT2D eigenvalue weighted by Crippen LogP contribution is -2.37. The minimum Gasteiger partial charge on any atom is -0.348 e. The summed E-state index contributed by atoms with van der Waals surface area (Å²) in [5.41, 5.74) is 6.20. The first-order valence-corrected chi connectivity index (χ1v) is 5.31. The van der Waals surface area contributed by atoms with E-state index in [-0.39, 0.29) is 36.8 Å². The molecule has 94 valence electrons. The van der Waals surface area contributed by atoms with Crippen molar-refractivity contribution < 1.29 is 4.79 Å². The summed E-state index contributed by atoms with van der Waals surface area (Å²) < 4.78 is 0. The van der Waals surface area contributed by atoms with Gasteiger partial charge in [0.2, 0.25) is 0 Å². The van der Waals surface area contributed by atoms with E-state index in [1.165, 1.54) is 11.3 Å². The fourth-order valence-corrected chi connectivity index (χ4v) is 1.91. The molecule has 1 atom stereocenters. The Morgan fingerprint density at radius 1 is 1.50 bits per heavy atom. The number of halogens is 2. The Bertz CT molecular complexity index is 343. The Morgan fingerprint density at radius 3 is 2.44 bits per heavy atom. The van der Waals surface area contributed by atoms with Crippen LogP contribution < -0.4 is 11.1 Å². The first-order chi connectivity index (χ1) is 6.54. The van der Waals surface area contributed by atoms with Gasteiger partial charge < -0.3 is 11.1 Å². The minimum absolute atomic E-state index is 0. The Morgan fingerprint density at radius 2 is 2.06 bits per heavy atom. The van der Waals surface area contributed by atoms with E-state index >= 15 is 0 Å². The summed E-state index contributed by atoms with van der Waals surface area (Å²) in [5.74, 6) is -0.0777. The molecule has 1 aromatic rings. The number of amides is 1. The number of nitrogens with zero attached hydrogens (tertiary/aromatic N) is 1. The summed E-state index contributed by atoms with van der Waals surface area (Å²) in [5, 5.41) is 3.72. The van der Waals surface area contributed by atoms with Gasteiger partial charge in [0.05, 0.1) is 10.7 Å². The fourth-order valence-electron chi connectivity index (χ4n) is 1.09. The molecule has 0 aromatic carbocycles. The Hall–Kier alpha value is -0.360. The lowest BCUT2D eigenvalue weighted by Gasteiger charge is -2.09. The van der Waals surface area contributed by atoms with Gasteiger partial charge in [0.15, 0.2) is 0 Å². The number of hydrogen-bond donors (Lipinski definition) is 2. The molecule has 3 N–H and O–H groups in total. The largest absolute Gasteiger partial charge is 0.348 e. The molecule has 0 fully saturated rings. The van der Waals surface area contributed by atoms with Crippen LogP contribution in [-0.4, -0.2) is 23.5 Å². The van der Waals surface area contributed by atoms with Crippen molar-refractivity contribution in [1.29, 1.82) is 0 Å². The number of aryl methyl sites for hydroxylation is 2.